The summed E-state index contributed by atoms with van der Waals surface area (Å²) in [6.07, 6.45) is 7.83. The average molecular weight is 415 g/mol. The molecule has 1 aromatic rings. The van der Waals surface area contributed by atoms with Gasteiger partial charge in [-0.1, -0.05) is 74.6 Å². The fourth-order valence-corrected chi connectivity index (χ4v) is 3.76. The SMILES string of the molecule is C=C(C)c1cccc(C(C)(C)NCOC(C)C2CN=NN2CCCCCCCC)c1. The molecule has 2 atom stereocenters. The van der Waals surface area contributed by atoms with Gasteiger partial charge < -0.3 is 4.74 Å². The number of nitrogens with zero attached hydrogens (tertiary/aromatic N) is 3. The first-order valence-corrected chi connectivity index (χ1v) is 11.6. The fraction of sp³-hybridized carbons (Fsp3) is 0.680. The Morgan fingerprint density at radius 3 is 2.73 bits per heavy atom. The quantitative estimate of drug-likeness (QED) is 0.286. The van der Waals surface area contributed by atoms with Gasteiger partial charge in [-0.15, -0.1) is 0 Å². The molecule has 5 nitrogen and oxygen atoms in total. The smallest absolute Gasteiger partial charge is 0.0976 e. The number of hydrogen-bond donors (Lipinski definition) is 1. The minimum atomic E-state index is -0.187. The second-order valence-electron chi connectivity index (χ2n) is 9.09. The highest BCUT2D eigenvalue weighted by molar-refractivity contribution is 5.62. The molecular weight excluding hydrogens is 372 g/mol. The molecule has 1 aliphatic heterocycles. The highest BCUT2D eigenvalue weighted by Gasteiger charge is 2.29. The predicted molar refractivity (Wildman–Crippen MR) is 126 cm³/mol. The van der Waals surface area contributed by atoms with Crippen molar-refractivity contribution in [1.29, 1.82) is 0 Å². The average Bonchev–Trinajstić information content (AvgIpc) is 3.19. The van der Waals surface area contributed by atoms with Gasteiger partial charge in [-0.25, -0.2) is 0 Å². The molecule has 0 spiro atoms. The van der Waals surface area contributed by atoms with Crippen LogP contribution >= 0.6 is 0 Å². The summed E-state index contributed by atoms with van der Waals surface area (Å²) >= 11 is 0. The van der Waals surface area contributed by atoms with E-state index >= 15 is 0 Å². The number of benzene rings is 1. The summed E-state index contributed by atoms with van der Waals surface area (Å²) in [5.41, 5.74) is 3.30. The lowest BCUT2D eigenvalue weighted by atomic mass is 9.92. The van der Waals surface area contributed by atoms with Crippen molar-refractivity contribution in [3.05, 3.63) is 42.0 Å². The van der Waals surface area contributed by atoms with Crippen LogP contribution < -0.4 is 5.32 Å². The predicted octanol–water partition coefficient (Wildman–Crippen LogP) is 6.32. The first-order valence-electron chi connectivity index (χ1n) is 11.6. The maximum Gasteiger partial charge on any atom is 0.0976 e. The molecule has 1 N–H and O–H groups in total. The number of nitrogens with one attached hydrogen (secondary N) is 1. The topological polar surface area (TPSA) is 49.2 Å². The van der Waals surface area contributed by atoms with E-state index in [1.165, 1.54) is 49.7 Å². The van der Waals surface area contributed by atoms with Gasteiger partial charge in [-0.2, -0.15) is 5.11 Å². The zero-order chi connectivity index (χ0) is 22.0. The lowest BCUT2D eigenvalue weighted by molar-refractivity contribution is -0.00932. The number of unbranched alkanes of at least 4 members (excludes halogenated alkanes) is 5. The van der Waals surface area contributed by atoms with Crippen LogP contribution in [0.2, 0.25) is 0 Å². The zero-order valence-electron chi connectivity index (χ0n) is 19.8. The van der Waals surface area contributed by atoms with Gasteiger partial charge in [0.1, 0.15) is 0 Å². The third-order valence-corrected chi connectivity index (χ3v) is 6.05. The van der Waals surface area contributed by atoms with Crippen molar-refractivity contribution >= 4 is 5.57 Å². The first kappa shape index (κ1) is 24.5. The summed E-state index contributed by atoms with van der Waals surface area (Å²) < 4.78 is 6.16. The Bertz CT molecular complexity index is 685. The number of allylic oxidation sites excluding steroid dienone is 1. The molecule has 0 bridgehead atoms. The summed E-state index contributed by atoms with van der Waals surface area (Å²) in [4.78, 5) is 0. The maximum absolute atomic E-state index is 6.16. The summed E-state index contributed by atoms with van der Waals surface area (Å²) in [6.45, 7) is 17.0. The standard InChI is InChI=1S/C25H42N4O/c1-7-8-9-10-11-12-16-29-24(18-27-28-29)21(4)30-19-26-25(5,6)23-15-13-14-22(17-23)20(2)3/h13-15,17,21,24,26H,2,7-12,16,18-19H2,1,3-6H3. The number of hydrogen-bond acceptors (Lipinski definition) is 5. The molecule has 5 heteroatoms. The van der Waals surface area contributed by atoms with E-state index in [-0.39, 0.29) is 17.7 Å². The van der Waals surface area contributed by atoms with E-state index in [2.05, 4.69) is 79.2 Å². The van der Waals surface area contributed by atoms with Crippen LogP contribution in [0, 0.1) is 0 Å². The molecule has 2 rings (SSSR count). The fourth-order valence-electron chi connectivity index (χ4n) is 3.76. The van der Waals surface area contributed by atoms with Crippen LogP contribution in [0.4, 0.5) is 0 Å². The van der Waals surface area contributed by atoms with Crippen molar-refractivity contribution in [2.75, 3.05) is 19.8 Å². The minimum absolute atomic E-state index is 0.0742. The van der Waals surface area contributed by atoms with Gasteiger partial charge in [-0.3, -0.25) is 10.3 Å². The highest BCUT2D eigenvalue weighted by atomic mass is 16.5. The van der Waals surface area contributed by atoms with E-state index in [9.17, 15) is 0 Å². The third-order valence-electron chi connectivity index (χ3n) is 6.05. The van der Waals surface area contributed by atoms with Gasteiger partial charge in [0.15, 0.2) is 0 Å². The van der Waals surface area contributed by atoms with E-state index in [0.29, 0.717) is 6.73 Å². The Kier molecular flexibility index (Phi) is 9.99. The molecule has 2 unspecified atom stereocenters. The van der Waals surface area contributed by atoms with E-state index in [4.69, 9.17) is 4.74 Å². The van der Waals surface area contributed by atoms with Crippen molar-refractivity contribution in [3.8, 4) is 0 Å². The van der Waals surface area contributed by atoms with E-state index < -0.39 is 0 Å². The molecule has 168 valence electrons. The van der Waals surface area contributed by atoms with Crippen molar-refractivity contribution in [2.45, 2.75) is 90.8 Å². The van der Waals surface area contributed by atoms with Crippen LogP contribution in [0.15, 0.2) is 41.2 Å². The summed E-state index contributed by atoms with van der Waals surface area (Å²) in [7, 11) is 0. The molecule has 1 aliphatic rings. The molecule has 1 heterocycles. The largest absolute Gasteiger partial charge is 0.361 e. The molecule has 30 heavy (non-hydrogen) atoms. The zero-order valence-corrected chi connectivity index (χ0v) is 19.8. The van der Waals surface area contributed by atoms with Gasteiger partial charge in [0, 0.05) is 12.1 Å². The van der Waals surface area contributed by atoms with Gasteiger partial charge in [0.05, 0.1) is 25.4 Å². The monoisotopic (exact) mass is 414 g/mol. The summed E-state index contributed by atoms with van der Waals surface area (Å²) in [5.74, 6) is 0. The van der Waals surface area contributed by atoms with Crippen LogP contribution in [-0.4, -0.2) is 37.0 Å². The van der Waals surface area contributed by atoms with Crippen molar-refractivity contribution in [3.63, 3.8) is 0 Å². The highest BCUT2D eigenvalue weighted by Crippen LogP contribution is 2.24. The molecule has 1 aromatic carbocycles. The molecular formula is C25H42N4O. The summed E-state index contributed by atoms with van der Waals surface area (Å²) in [6, 6.07) is 8.78. The van der Waals surface area contributed by atoms with E-state index in [0.717, 1.165) is 18.7 Å². The van der Waals surface area contributed by atoms with Crippen LogP contribution in [0.5, 0.6) is 0 Å². The maximum atomic E-state index is 6.16. The Balaban J connectivity index is 1.77. The van der Waals surface area contributed by atoms with Crippen LogP contribution in [0.25, 0.3) is 5.57 Å². The Labute approximate surface area is 184 Å². The van der Waals surface area contributed by atoms with Gasteiger partial charge >= 0.3 is 0 Å². The van der Waals surface area contributed by atoms with Gasteiger partial charge in [0.2, 0.25) is 0 Å². The van der Waals surface area contributed by atoms with Crippen molar-refractivity contribution in [2.24, 2.45) is 10.3 Å². The van der Waals surface area contributed by atoms with E-state index in [1.54, 1.807) is 0 Å². The molecule has 0 saturated heterocycles. The first-order chi connectivity index (χ1) is 14.3. The van der Waals surface area contributed by atoms with Crippen molar-refractivity contribution in [1.82, 2.24) is 10.3 Å². The summed E-state index contributed by atoms with van der Waals surface area (Å²) in [5, 5.41) is 14.3. The van der Waals surface area contributed by atoms with Crippen molar-refractivity contribution < 1.29 is 4.74 Å². The molecule has 0 radical (unpaired) electrons. The second kappa shape index (κ2) is 12.2. The Hall–Kier alpha value is -1.72. The van der Waals surface area contributed by atoms with Crippen LogP contribution in [0.1, 0.15) is 84.3 Å². The van der Waals surface area contributed by atoms with Gasteiger partial charge in [0.25, 0.3) is 0 Å². The normalized spacial score (nSPS) is 17.5. The molecule has 0 amide bonds. The lowest BCUT2D eigenvalue weighted by Crippen LogP contribution is -2.44. The Morgan fingerprint density at radius 2 is 2.00 bits per heavy atom. The lowest BCUT2D eigenvalue weighted by Gasteiger charge is -2.31. The number of ether oxygens (including phenoxy) is 1. The third kappa shape index (κ3) is 7.51. The van der Waals surface area contributed by atoms with Crippen LogP contribution in [-0.2, 0) is 10.3 Å². The van der Waals surface area contributed by atoms with Crippen LogP contribution in [0.3, 0.4) is 0 Å². The molecule has 0 fully saturated rings. The molecule has 0 saturated carbocycles. The van der Waals surface area contributed by atoms with E-state index in [1.807, 2.05) is 6.92 Å². The Morgan fingerprint density at radius 1 is 1.27 bits per heavy atom. The second-order valence-corrected chi connectivity index (χ2v) is 9.09. The minimum Gasteiger partial charge on any atom is -0.361 e. The molecule has 0 aromatic heterocycles. The van der Waals surface area contributed by atoms with Gasteiger partial charge in [-0.05, 0) is 51.3 Å². The molecule has 0 aliphatic carbocycles. The number of rotatable bonds is 14.